The van der Waals surface area contributed by atoms with Crippen molar-refractivity contribution in [2.75, 3.05) is 20.2 Å². The Hall–Kier alpha value is -4.52. The molecule has 41 heavy (non-hydrogen) atoms. The number of primary amides is 1. The number of halogens is 4. The summed E-state index contributed by atoms with van der Waals surface area (Å²) in [4.78, 5) is 42.8. The fourth-order valence-corrected chi connectivity index (χ4v) is 4.86. The molecule has 0 fully saturated rings. The topological polar surface area (TPSA) is 135 Å². The van der Waals surface area contributed by atoms with Crippen LogP contribution in [-0.4, -0.2) is 59.1 Å². The van der Waals surface area contributed by atoms with Crippen LogP contribution in [0.15, 0.2) is 48.5 Å². The van der Waals surface area contributed by atoms with Gasteiger partial charge in [0.15, 0.2) is 0 Å². The summed E-state index contributed by atoms with van der Waals surface area (Å²) in [6.07, 6.45) is -5.35. The van der Waals surface area contributed by atoms with Crippen molar-refractivity contribution in [3.05, 3.63) is 82.3 Å². The monoisotopic (exact) mass is 572 g/mol. The number of nitrogens with two attached hydrogens (primary N) is 1. The van der Waals surface area contributed by atoms with Gasteiger partial charge in [0.25, 0.3) is 11.8 Å². The van der Waals surface area contributed by atoms with Crippen molar-refractivity contribution < 1.29 is 41.8 Å². The predicted octanol–water partition coefficient (Wildman–Crippen LogP) is 2.79. The van der Waals surface area contributed by atoms with Gasteiger partial charge in [-0.15, -0.1) is 0 Å². The number of ether oxygens (including phenoxy) is 1. The Kier molecular flexibility index (Phi) is 6.52. The number of fused-ring (bicyclic) bond motifs is 2. The van der Waals surface area contributed by atoms with Crippen LogP contribution in [0.1, 0.15) is 44.5 Å². The van der Waals surface area contributed by atoms with Gasteiger partial charge >= 0.3 is 6.18 Å². The highest BCUT2D eigenvalue weighted by molar-refractivity contribution is 6.01. The second-order valence-electron chi connectivity index (χ2n) is 10.3. The number of carbonyl (C=O) groups is 3. The fourth-order valence-electron chi connectivity index (χ4n) is 4.86. The molecule has 3 aromatic rings. The molecule has 4 N–H and O–H groups in total. The third kappa shape index (κ3) is 4.55. The van der Waals surface area contributed by atoms with E-state index in [-0.39, 0.29) is 47.2 Å². The highest BCUT2D eigenvalue weighted by atomic mass is 19.4. The van der Waals surface area contributed by atoms with E-state index in [0.717, 1.165) is 18.2 Å². The Bertz CT molecular complexity index is 1590. The quantitative estimate of drug-likeness (QED) is 0.389. The summed E-state index contributed by atoms with van der Waals surface area (Å²) in [5, 5.41) is 13.2. The van der Waals surface area contributed by atoms with E-state index in [2.05, 4.69) is 10.3 Å². The van der Waals surface area contributed by atoms with Crippen LogP contribution >= 0.6 is 0 Å². The normalized spacial score (nSPS) is 19.3. The Labute approximate surface area is 230 Å². The highest BCUT2D eigenvalue weighted by Gasteiger charge is 2.57. The molecule has 3 heterocycles. The van der Waals surface area contributed by atoms with Crippen LogP contribution in [0.2, 0.25) is 0 Å². The van der Waals surface area contributed by atoms with Gasteiger partial charge in [-0.3, -0.25) is 14.4 Å². The minimum absolute atomic E-state index is 0.0139. The van der Waals surface area contributed by atoms with Crippen LogP contribution in [0.25, 0.3) is 11.3 Å². The molecule has 13 heteroatoms. The maximum Gasteiger partial charge on any atom is 0.424 e. The summed E-state index contributed by atoms with van der Waals surface area (Å²) in [6.45, 7) is -0.0280. The van der Waals surface area contributed by atoms with Gasteiger partial charge in [-0.2, -0.15) is 13.2 Å². The van der Waals surface area contributed by atoms with Gasteiger partial charge < -0.3 is 25.8 Å². The van der Waals surface area contributed by atoms with E-state index in [0.29, 0.717) is 11.1 Å². The summed E-state index contributed by atoms with van der Waals surface area (Å²) in [5.74, 6) is -2.70. The number of benzene rings is 2. The molecule has 1 aromatic heterocycles. The number of hydrogen-bond donors (Lipinski definition) is 3. The number of aromatic nitrogens is 1. The van der Waals surface area contributed by atoms with Crippen molar-refractivity contribution in [3.63, 3.8) is 0 Å². The molecular formula is C28H24F4N4O5. The van der Waals surface area contributed by atoms with Crippen molar-refractivity contribution in [2.45, 2.75) is 30.7 Å². The van der Waals surface area contributed by atoms with Gasteiger partial charge in [0.05, 0.1) is 12.2 Å². The predicted molar refractivity (Wildman–Crippen MR) is 136 cm³/mol. The average Bonchev–Trinajstić information content (AvgIpc) is 3.42. The molecular weight excluding hydrogens is 548 g/mol. The molecule has 0 saturated heterocycles. The number of nitrogens with zero attached hydrogens (tertiary/aromatic N) is 2. The smallest absolute Gasteiger partial charge is 0.424 e. The molecule has 2 aromatic carbocycles. The number of aliphatic hydroxyl groups is 1. The summed E-state index contributed by atoms with van der Waals surface area (Å²) in [5.41, 5.74) is 0.186. The number of hydrogen-bond acceptors (Lipinski definition) is 6. The molecule has 2 aliphatic heterocycles. The largest absolute Gasteiger partial charge is 0.489 e. The second-order valence-corrected chi connectivity index (χ2v) is 10.3. The van der Waals surface area contributed by atoms with E-state index >= 15 is 0 Å². The molecule has 0 bridgehead atoms. The van der Waals surface area contributed by atoms with Crippen LogP contribution in [0.3, 0.4) is 0 Å². The lowest BCUT2D eigenvalue weighted by atomic mass is 9.81. The lowest BCUT2D eigenvalue weighted by Crippen LogP contribution is -2.51. The van der Waals surface area contributed by atoms with E-state index in [4.69, 9.17) is 10.5 Å². The molecule has 2 aliphatic rings. The first-order valence-electron chi connectivity index (χ1n) is 12.4. The fraction of sp³-hybridized carbons (Fsp3) is 0.286. The summed E-state index contributed by atoms with van der Waals surface area (Å²) < 4.78 is 62.9. The maximum atomic E-state index is 14.5. The first kappa shape index (κ1) is 28.0. The van der Waals surface area contributed by atoms with E-state index < -0.39 is 47.1 Å². The van der Waals surface area contributed by atoms with Crippen LogP contribution in [0.4, 0.5) is 17.6 Å². The summed E-state index contributed by atoms with van der Waals surface area (Å²) >= 11 is 0. The van der Waals surface area contributed by atoms with Gasteiger partial charge in [0.1, 0.15) is 29.3 Å². The van der Waals surface area contributed by atoms with E-state index in [1.807, 2.05) is 0 Å². The molecule has 2 atom stereocenters. The molecule has 9 nitrogen and oxygen atoms in total. The van der Waals surface area contributed by atoms with Gasteiger partial charge in [-0.1, -0.05) is 0 Å². The number of alkyl halides is 3. The second kappa shape index (κ2) is 9.54. The molecule has 0 radical (unpaired) electrons. The van der Waals surface area contributed by atoms with Crippen molar-refractivity contribution in [3.8, 4) is 17.0 Å². The lowest BCUT2D eigenvalue weighted by Gasteiger charge is -2.31. The Balaban J connectivity index is 1.56. The van der Waals surface area contributed by atoms with Crippen LogP contribution in [0, 0.1) is 5.82 Å². The zero-order chi connectivity index (χ0) is 29.9. The SMILES string of the molecule is CN1Cc2cc(C(=O)NC[C@](O)(c3cc4c(c(-c5ccc(F)cc5)n3)OC[C@]4(C)C(N)=O)C(F)(F)F)ccc2C1=O. The van der Waals surface area contributed by atoms with Gasteiger partial charge in [0, 0.05) is 35.8 Å². The van der Waals surface area contributed by atoms with Crippen molar-refractivity contribution in [2.24, 2.45) is 5.73 Å². The number of nitrogens with one attached hydrogen (secondary N) is 1. The number of rotatable bonds is 6. The standard InChI is InChI=1S/C28H24F4N4O5/c1-26(25(33)39)13-41-22-19(26)10-20(35-21(22)14-3-6-17(29)7-4-14)27(40,28(30,31)32)12-34-23(37)15-5-8-18-16(9-15)11-36(2)24(18)38/h3-10,40H,11-13H2,1-2H3,(H2,33,39)(H,34,37)/t26-,27-/m0/s1. The first-order valence-corrected chi connectivity index (χ1v) is 12.4. The average molecular weight is 573 g/mol. The Morgan fingerprint density at radius 1 is 1.17 bits per heavy atom. The van der Waals surface area contributed by atoms with E-state index in [9.17, 15) is 37.1 Å². The molecule has 0 spiro atoms. The maximum absolute atomic E-state index is 14.5. The lowest BCUT2D eigenvalue weighted by molar-refractivity contribution is -0.265. The first-order chi connectivity index (χ1) is 19.2. The number of carbonyl (C=O) groups excluding carboxylic acids is 3. The minimum Gasteiger partial charge on any atom is -0.489 e. The molecule has 0 unspecified atom stereocenters. The Morgan fingerprint density at radius 3 is 2.49 bits per heavy atom. The van der Waals surface area contributed by atoms with Crippen LogP contribution in [-0.2, 0) is 22.4 Å². The molecule has 0 saturated carbocycles. The Morgan fingerprint density at radius 2 is 1.85 bits per heavy atom. The van der Waals surface area contributed by atoms with E-state index in [1.165, 1.54) is 42.2 Å². The van der Waals surface area contributed by atoms with Crippen molar-refractivity contribution >= 4 is 17.7 Å². The van der Waals surface area contributed by atoms with Crippen LogP contribution in [0.5, 0.6) is 5.75 Å². The molecule has 3 amide bonds. The molecule has 0 aliphatic carbocycles. The minimum atomic E-state index is -5.35. The number of pyridine rings is 1. The van der Waals surface area contributed by atoms with Gasteiger partial charge in [-0.25, -0.2) is 9.37 Å². The zero-order valence-electron chi connectivity index (χ0n) is 21.8. The van der Waals surface area contributed by atoms with Crippen molar-refractivity contribution in [1.82, 2.24) is 15.2 Å². The van der Waals surface area contributed by atoms with Gasteiger partial charge in [0.2, 0.25) is 11.5 Å². The highest BCUT2D eigenvalue weighted by Crippen LogP contribution is 2.47. The summed E-state index contributed by atoms with van der Waals surface area (Å²) in [7, 11) is 1.57. The van der Waals surface area contributed by atoms with Gasteiger partial charge in [-0.05, 0) is 61.0 Å². The molecule has 214 valence electrons. The number of amides is 3. The molecule has 5 rings (SSSR count). The van der Waals surface area contributed by atoms with Crippen molar-refractivity contribution in [1.29, 1.82) is 0 Å². The third-order valence-corrected chi connectivity index (χ3v) is 7.48. The van der Waals surface area contributed by atoms with E-state index in [1.54, 1.807) is 7.05 Å². The van der Waals surface area contributed by atoms with Crippen LogP contribution < -0.4 is 15.8 Å². The third-order valence-electron chi connectivity index (χ3n) is 7.48. The summed E-state index contributed by atoms with van der Waals surface area (Å²) in [6, 6.07) is 9.64. The zero-order valence-corrected chi connectivity index (χ0v) is 21.8.